The zero-order chi connectivity index (χ0) is 29.5. The summed E-state index contributed by atoms with van der Waals surface area (Å²) in [4.78, 5) is 0. The van der Waals surface area contributed by atoms with Gasteiger partial charge >= 0.3 is 0 Å². The summed E-state index contributed by atoms with van der Waals surface area (Å²) in [6.07, 6.45) is 4.37. The Morgan fingerprint density at radius 3 is 2.00 bits per heavy atom. The van der Waals surface area contributed by atoms with Crippen LogP contribution in [-0.2, 0) is 12.5 Å². The third-order valence-corrected chi connectivity index (χ3v) is 9.01. The van der Waals surface area contributed by atoms with E-state index in [1.807, 2.05) is 0 Å². The summed E-state index contributed by atoms with van der Waals surface area (Å²) in [7, 11) is 2.14. The van der Waals surface area contributed by atoms with Crippen molar-refractivity contribution in [1.29, 1.82) is 0 Å². The molecule has 0 amide bonds. The quantitative estimate of drug-likeness (QED) is 0.206. The van der Waals surface area contributed by atoms with E-state index in [1.165, 1.54) is 55.4 Å². The van der Waals surface area contributed by atoms with Gasteiger partial charge in [0.15, 0.2) is 6.20 Å². The van der Waals surface area contributed by atoms with Gasteiger partial charge in [-0.3, -0.25) is 0 Å². The molecule has 0 bridgehead atoms. The molecule has 3 aromatic carbocycles. The first kappa shape index (κ1) is 27.8. The average Bonchev–Trinajstić information content (AvgIpc) is 3.36. The number of aromatic nitrogens is 1. The Balaban J connectivity index is 1.70. The van der Waals surface area contributed by atoms with E-state index in [4.69, 9.17) is 4.42 Å². The highest BCUT2D eigenvalue weighted by Crippen LogP contribution is 2.60. The maximum atomic E-state index is 7.11. The van der Waals surface area contributed by atoms with Gasteiger partial charge in [-0.1, -0.05) is 104 Å². The lowest BCUT2D eigenvalue weighted by Gasteiger charge is -2.42. The second-order valence-electron chi connectivity index (χ2n) is 15.3. The van der Waals surface area contributed by atoms with Crippen molar-refractivity contribution in [3.63, 3.8) is 0 Å². The number of hydrogen-bond donors (Lipinski definition) is 0. The van der Waals surface area contributed by atoms with Crippen LogP contribution in [-0.4, -0.2) is 0 Å². The van der Waals surface area contributed by atoms with E-state index in [-0.39, 0.29) is 16.2 Å². The summed E-state index contributed by atoms with van der Waals surface area (Å²) in [6, 6.07) is 23.0. The smallest absolute Gasteiger partial charge is 0.216 e. The second kappa shape index (κ2) is 9.31. The molecular formula is C39H46NO+. The number of benzene rings is 3. The molecule has 5 aromatic rings. The van der Waals surface area contributed by atoms with Crippen LogP contribution in [0.5, 0.6) is 0 Å². The molecule has 6 rings (SSSR count). The van der Waals surface area contributed by atoms with Crippen molar-refractivity contribution in [2.24, 2.45) is 17.9 Å². The van der Waals surface area contributed by atoms with Crippen molar-refractivity contribution in [1.82, 2.24) is 0 Å². The first-order chi connectivity index (χ1) is 19.2. The molecule has 0 aliphatic heterocycles. The molecule has 1 aliphatic rings. The molecule has 2 nitrogen and oxygen atoms in total. The molecule has 1 aliphatic carbocycles. The topological polar surface area (TPSA) is 17.0 Å². The van der Waals surface area contributed by atoms with Crippen LogP contribution < -0.4 is 4.57 Å². The van der Waals surface area contributed by atoms with E-state index in [0.29, 0.717) is 5.92 Å². The van der Waals surface area contributed by atoms with Gasteiger partial charge < -0.3 is 4.42 Å². The lowest BCUT2D eigenvalue weighted by atomic mass is 9.62. The van der Waals surface area contributed by atoms with Gasteiger partial charge in [0.25, 0.3) is 0 Å². The highest BCUT2D eigenvalue weighted by molar-refractivity contribution is 6.14. The van der Waals surface area contributed by atoms with Crippen LogP contribution >= 0.6 is 0 Å². The van der Waals surface area contributed by atoms with E-state index in [9.17, 15) is 0 Å². The van der Waals surface area contributed by atoms with E-state index < -0.39 is 0 Å². The van der Waals surface area contributed by atoms with Crippen LogP contribution in [0.15, 0.2) is 71.3 Å². The summed E-state index contributed by atoms with van der Waals surface area (Å²) in [6.45, 7) is 21.1. The van der Waals surface area contributed by atoms with Crippen LogP contribution in [0.3, 0.4) is 0 Å². The Hall–Kier alpha value is -3.39. The first-order valence-electron chi connectivity index (χ1n) is 15.3. The standard InChI is InChI=1S/C39H46NO/c1-24(2)26-19-20-40(10)32(21-26)33-25(3)15-16-27-28-17-18-31-34(36(28)41-35(27)33)29-13-11-12-14-30(29)39(31,22-37(4,5)6)23-38(7,8)9/h11-21,24H,22-23H2,1-10H3/q+1. The second-order valence-corrected chi connectivity index (χ2v) is 15.3. The van der Waals surface area contributed by atoms with Crippen molar-refractivity contribution in [3.05, 3.63) is 89.1 Å². The molecule has 2 aromatic heterocycles. The summed E-state index contributed by atoms with van der Waals surface area (Å²) in [5.41, 5.74) is 12.8. The largest absolute Gasteiger partial charge is 0.454 e. The fourth-order valence-electron chi connectivity index (χ4n) is 7.70. The van der Waals surface area contributed by atoms with Crippen LogP contribution in [0.2, 0.25) is 0 Å². The van der Waals surface area contributed by atoms with Crippen molar-refractivity contribution in [2.45, 2.75) is 86.5 Å². The zero-order valence-electron chi connectivity index (χ0n) is 26.7. The molecule has 0 saturated heterocycles. The van der Waals surface area contributed by atoms with Gasteiger partial charge in [-0.05, 0) is 64.3 Å². The van der Waals surface area contributed by atoms with E-state index >= 15 is 0 Å². The summed E-state index contributed by atoms with van der Waals surface area (Å²) in [5, 5.41) is 2.40. The minimum atomic E-state index is -0.0631. The zero-order valence-corrected chi connectivity index (χ0v) is 26.7. The van der Waals surface area contributed by atoms with Crippen molar-refractivity contribution >= 4 is 21.9 Å². The third-order valence-electron chi connectivity index (χ3n) is 9.01. The Morgan fingerprint density at radius 2 is 1.37 bits per heavy atom. The maximum Gasteiger partial charge on any atom is 0.216 e. The van der Waals surface area contributed by atoms with Crippen LogP contribution in [0.25, 0.3) is 44.3 Å². The molecular weight excluding hydrogens is 498 g/mol. The lowest BCUT2D eigenvalue weighted by Crippen LogP contribution is -2.35. The van der Waals surface area contributed by atoms with Crippen LogP contribution in [0.1, 0.15) is 96.4 Å². The summed E-state index contributed by atoms with van der Waals surface area (Å²) < 4.78 is 9.35. The number of nitrogens with zero attached hydrogens (tertiary/aromatic N) is 1. The van der Waals surface area contributed by atoms with Crippen LogP contribution in [0.4, 0.5) is 0 Å². The van der Waals surface area contributed by atoms with E-state index in [1.54, 1.807) is 0 Å². The number of fused-ring (bicyclic) bond motifs is 7. The summed E-state index contributed by atoms with van der Waals surface area (Å²) in [5.74, 6) is 0.462. The fraction of sp³-hybridized carbons (Fsp3) is 0.410. The number of pyridine rings is 1. The highest BCUT2D eigenvalue weighted by Gasteiger charge is 2.48. The molecule has 0 spiro atoms. The molecule has 0 saturated carbocycles. The molecule has 0 atom stereocenters. The summed E-state index contributed by atoms with van der Waals surface area (Å²) >= 11 is 0. The number of furan rings is 1. The molecule has 2 heteroatoms. The molecule has 41 heavy (non-hydrogen) atoms. The average molecular weight is 545 g/mol. The number of aryl methyl sites for hydroxylation is 2. The van der Waals surface area contributed by atoms with Gasteiger partial charge in [-0.2, -0.15) is 0 Å². The molecule has 2 heterocycles. The van der Waals surface area contributed by atoms with Crippen molar-refractivity contribution in [2.75, 3.05) is 0 Å². The van der Waals surface area contributed by atoms with Crippen molar-refractivity contribution in [3.8, 4) is 22.4 Å². The van der Waals surface area contributed by atoms with Gasteiger partial charge in [-0.15, -0.1) is 0 Å². The lowest BCUT2D eigenvalue weighted by molar-refractivity contribution is -0.660. The number of rotatable bonds is 4. The van der Waals surface area contributed by atoms with Gasteiger partial charge in [-0.25, -0.2) is 4.57 Å². The molecule has 0 fully saturated rings. The molecule has 212 valence electrons. The molecule has 0 N–H and O–H groups in total. The van der Waals surface area contributed by atoms with E-state index in [0.717, 1.165) is 24.0 Å². The molecule has 0 unspecified atom stereocenters. The maximum absolute atomic E-state index is 7.11. The van der Waals surface area contributed by atoms with Crippen LogP contribution in [0, 0.1) is 17.8 Å². The fourth-order valence-corrected chi connectivity index (χ4v) is 7.70. The van der Waals surface area contributed by atoms with E-state index in [2.05, 4.69) is 141 Å². The number of hydrogen-bond acceptors (Lipinski definition) is 1. The SMILES string of the molecule is Cc1ccc2c(oc3c4c(ccc32)C(CC(C)(C)C)(CC(C)(C)C)c2ccccc2-4)c1-c1cc(C(C)C)cc[n+]1C. The Kier molecular flexibility index (Phi) is 6.31. The highest BCUT2D eigenvalue weighted by atomic mass is 16.3. The van der Waals surface area contributed by atoms with Crippen molar-refractivity contribution < 1.29 is 8.98 Å². The first-order valence-corrected chi connectivity index (χ1v) is 15.3. The third kappa shape index (κ3) is 4.51. The Morgan fingerprint density at radius 1 is 0.756 bits per heavy atom. The Bertz CT molecular complexity index is 1790. The predicted molar refractivity (Wildman–Crippen MR) is 174 cm³/mol. The van der Waals surface area contributed by atoms with Gasteiger partial charge in [0.2, 0.25) is 5.69 Å². The minimum absolute atomic E-state index is 0.0631. The van der Waals surface area contributed by atoms with Gasteiger partial charge in [0.05, 0.1) is 5.56 Å². The van der Waals surface area contributed by atoms with Gasteiger partial charge in [0.1, 0.15) is 18.2 Å². The Labute approximate surface area is 246 Å². The predicted octanol–water partition coefficient (Wildman–Crippen LogP) is 10.6. The molecule has 0 radical (unpaired) electrons. The monoisotopic (exact) mass is 544 g/mol. The minimum Gasteiger partial charge on any atom is -0.454 e. The van der Waals surface area contributed by atoms with Gasteiger partial charge in [0, 0.05) is 33.9 Å². The normalized spacial score (nSPS) is 14.7.